The first kappa shape index (κ1) is 16.9. The van der Waals surface area contributed by atoms with Gasteiger partial charge in [-0.3, -0.25) is 4.79 Å². The zero-order chi connectivity index (χ0) is 18.0. The molecule has 1 amide bonds. The second-order valence-electron chi connectivity index (χ2n) is 5.36. The van der Waals surface area contributed by atoms with Crippen LogP contribution < -0.4 is 5.32 Å². The molecule has 1 saturated heterocycles. The number of aryl methyl sites for hydroxylation is 1. The monoisotopic (exact) mass is 356 g/mol. The molecule has 1 aliphatic rings. The van der Waals surface area contributed by atoms with Gasteiger partial charge in [0.1, 0.15) is 5.82 Å². The summed E-state index contributed by atoms with van der Waals surface area (Å²) in [5.74, 6) is -1.78. The van der Waals surface area contributed by atoms with E-state index in [2.05, 4.69) is 10.3 Å². The van der Waals surface area contributed by atoms with E-state index in [0.29, 0.717) is 15.6 Å². The van der Waals surface area contributed by atoms with Crippen molar-refractivity contribution in [3.8, 4) is 0 Å². The van der Waals surface area contributed by atoms with Crippen LogP contribution in [0.1, 0.15) is 21.5 Å². The summed E-state index contributed by atoms with van der Waals surface area (Å²) < 4.78 is 12.9. The van der Waals surface area contributed by atoms with Crippen LogP contribution in [0.4, 0.5) is 10.1 Å². The summed E-state index contributed by atoms with van der Waals surface area (Å²) in [6, 6.07) is 10.6. The van der Waals surface area contributed by atoms with Crippen LogP contribution in [-0.2, 0) is 4.79 Å². The van der Waals surface area contributed by atoms with Crippen molar-refractivity contribution in [3.63, 3.8) is 0 Å². The van der Waals surface area contributed by atoms with Crippen LogP contribution in [0.2, 0.25) is 0 Å². The number of rotatable bonds is 3. The number of amidine groups is 1. The third-order valence-electron chi connectivity index (χ3n) is 3.42. The summed E-state index contributed by atoms with van der Waals surface area (Å²) in [6.45, 7) is 1.83. The van der Waals surface area contributed by atoms with E-state index in [4.69, 9.17) is 0 Å². The fourth-order valence-electron chi connectivity index (χ4n) is 2.22. The Hall–Kier alpha value is -2.93. The lowest BCUT2D eigenvalue weighted by atomic mass is 10.1. The molecule has 0 spiro atoms. The molecule has 7 heteroatoms. The minimum atomic E-state index is -1.09. The number of carbonyl (C=O) groups is 2. The highest BCUT2D eigenvalue weighted by molar-refractivity contribution is 8.18. The molecule has 0 aliphatic carbocycles. The zero-order valence-corrected chi connectivity index (χ0v) is 13.9. The van der Waals surface area contributed by atoms with Crippen molar-refractivity contribution in [1.82, 2.24) is 5.32 Å². The van der Waals surface area contributed by atoms with Crippen molar-refractivity contribution < 1.29 is 19.1 Å². The highest BCUT2D eigenvalue weighted by atomic mass is 32.2. The van der Waals surface area contributed by atoms with E-state index in [-0.39, 0.29) is 23.0 Å². The molecule has 0 atom stereocenters. The molecule has 1 fully saturated rings. The lowest BCUT2D eigenvalue weighted by Crippen LogP contribution is -2.19. The number of carbonyl (C=O) groups excluding carboxylic acids is 1. The van der Waals surface area contributed by atoms with Gasteiger partial charge in [0.05, 0.1) is 16.2 Å². The van der Waals surface area contributed by atoms with Crippen LogP contribution in [0.5, 0.6) is 0 Å². The van der Waals surface area contributed by atoms with Crippen LogP contribution in [0.3, 0.4) is 0 Å². The van der Waals surface area contributed by atoms with E-state index >= 15 is 0 Å². The van der Waals surface area contributed by atoms with E-state index in [0.717, 1.165) is 17.3 Å². The Morgan fingerprint density at radius 3 is 2.64 bits per heavy atom. The first-order chi connectivity index (χ1) is 11.9. The molecule has 1 aliphatic heterocycles. The average Bonchev–Trinajstić information content (AvgIpc) is 2.89. The standard InChI is InChI=1S/C18H13FN2O3S/c1-10-2-7-13(17(23)24)14(8-10)20-18-21-16(22)15(25-18)9-11-3-5-12(19)6-4-11/h2-9H,1H3,(H,23,24)(H,20,21,22)/b15-9-. The topological polar surface area (TPSA) is 78.8 Å². The van der Waals surface area contributed by atoms with Gasteiger partial charge in [0, 0.05) is 0 Å². The Kier molecular flexibility index (Phi) is 4.67. The number of nitrogens with one attached hydrogen (secondary N) is 1. The SMILES string of the molecule is Cc1ccc(C(=O)O)c(N=C2NC(=O)/C(=C/c3ccc(F)cc3)S2)c1. The molecule has 5 nitrogen and oxygen atoms in total. The summed E-state index contributed by atoms with van der Waals surface area (Å²) in [5.41, 5.74) is 1.88. The Balaban J connectivity index is 1.90. The highest BCUT2D eigenvalue weighted by Gasteiger charge is 2.24. The summed E-state index contributed by atoms with van der Waals surface area (Å²) in [7, 11) is 0. The van der Waals surface area contributed by atoms with E-state index < -0.39 is 5.97 Å². The van der Waals surface area contributed by atoms with Gasteiger partial charge in [-0.15, -0.1) is 0 Å². The third kappa shape index (κ3) is 3.95. The number of halogens is 1. The molecule has 25 heavy (non-hydrogen) atoms. The Morgan fingerprint density at radius 1 is 1.24 bits per heavy atom. The second kappa shape index (κ2) is 6.90. The number of carboxylic acids is 1. The molecule has 126 valence electrons. The van der Waals surface area contributed by atoms with Crippen molar-refractivity contribution in [2.75, 3.05) is 0 Å². The van der Waals surface area contributed by atoms with Crippen LogP contribution in [0.25, 0.3) is 6.08 Å². The maximum absolute atomic E-state index is 12.9. The first-order valence-corrected chi connectivity index (χ1v) is 8.13. The largest absolute Gasteiger partial charge is 0.478 e. The lowest BCUT2D eigenvalue weighted by Gasteiger charge is -2.03. The number of thioether (sulfide) groups is 1. The number of benzene rings is 2. The average molecular weight is 356 g/mol. The fourth-order valence-corrected chi connectivity index (χ4v) is 3.05. The number of nitrogens with zero attached hydrogens (tertiary/aromatic N) is 1. The van der Waals surface area contributed by atoms with Crippen LogP contribution >= 0.6 is 11.8 Å². The van der Waals surface area contributed by atoms with Gasteiger partial charge < -0.3 is 10.4 Å². The predicted molar refractivity (Wildman–Crippen MR) is 95.3 cm³/mol. The van der Waals surface area contributed by atoms with Crippen LogP contribution in [0, 0.1) is 12.7 Å². The van der Waals surface area contributed by atoms with Crippen molar-refractivity contribution in [3.05, 3.63) is 69.9 Å². The van der Waals surface area contributed by atoms with Gasteiger partial charge >= 0.3 is 5.97 Å². The number of hydrogen-bond donors (Lipinski definition) is 2. The molecule has 0 aromatic heterocycles. The number of hydrogen-bond acceptors (Lipinski definition) is 4. The zero-order valence-electron chi connectivity index (χ0n) is 13.1. The maximum Gasteiger partial charge on any atom is 0.337 e. The highest BCUT2D eigenvalue weighted by Crippen LogP contribution is 2.29. The molecule has 2 aromatic carbocycles. The fraction of sp³-hybridized carbons (Fsp3) is 0.0556. The Morgan fingerprint density at radius 2 is 1.96 bits per heavy atom. The lowest BCUT2D eigenvalue weighted by molar-refractivity contribution is -0.115. The summed E-state index contributed by atoms with van der Waals surface area (Å²) in [6.07, 6.45) is 1.62. The Labute approximate surface area is 147 Å². The molecule has 0 unspecified atom stereocenters. The molecule has 0 saturated carbocycles. The molecule has 2 aromatic rings. The van der Waals surface area contributed by atoms with Gasteiger partial charge in [-0.1, -0.05) is 18.2 Å². The quantitative estimate of drug-likeness (QED) is 0.822. The molecule has 0 bridgehead atoms. The summed E-state index contributed by atoms with van der Waals surface area (Å²) in [4.78, 5) is 28.0. The maximum atomic E-state index is 12.9. The second-order valence-corrected chi connectivity index (χ2v) is 6.39. The van der Waals surface area contributed by atoms with Crippen LogP contribution in [-0.4, -0.2) is 22.2 Å². The van der Waals surface area contributed by atoms with E-state index in [1.807, 2.05) is 6.92 Å². The molecular formula is C18H13FN2O3S. The van der Waals surface area contributed by atoms with Crippen molar-refractivity contribution >= 4 is 40.6 Å². The van der Waals surface area contributed by atoms with E-state index in [1.165, 1.54) is 18.2 Å². The minimum absolute atomic E-state index is 0.0592. The molecule has 0 radical (unpaired) electrons. The minimum Gasteiger partial charge on any atom is -0.478 e. The Bertz CT molecular complexity index is 920. The molecule has 1 heterocycles. The van der Waals surface area contributed by atoms with Crippen molar-refractivity contribution in [2.24, 2.45) is 4.99 Å². The van der Waals surface area contributed by atoms with Gasteiger partial charge in [0.2, 0.25) is 0 Å². The van der Waals surface area contributed by atoms with Gasteiger partial charge in [-0.25, -0.2) is 14.2 Å². The van der Waals surface area contributed by atoms with Crippen molar-refractivity contribution in [1.29, 1.82) is 0 Å². The normalized spacial score (nSPS) is 17.1. The molecular weight excluding hydrogens is 343 g/mol. The summed E-state index contributed by atoms with van der Waals surface area (Å²) >= 11 is 1.10. The molecule has 2 N–H and O–H groups in total. The van der Waals surface area contributed by atoms with Gasteiger partial charge in [0.25, 0.3) is 5.91 Å². The van der Waals surface area contributed by atoms with Crippen LogP contribution in [0.15, 0.2) is 52.4 Å². The van der Waals surface area contributed by atoms with E-state index in [9.17, 15) is 19.1 Å². The smallest absolute Gasteiger partial charge is 0.337 e. The van der Waals surface area contributed by atoms with E-state index in [1.54, 1.807) is 30.3 Å². The van der Waals surface area contributed by atoms with Gasteiger partial charge in [-0.2, -0.15) is 0 Å². The number of aliphatic imine (C=N–C) groups is 1. The van der Waals surface area contributed by atoms with Crippen molar-refractivity contribution in [2.45, 2.75) is 6.92 Å². The predicted octanol–water partition coefficient (Wildman–Crippen LogP) is 3.72. The van der Waals surface area contributed by atoms with Gasteiger partial charge in [0.15, 0.2) is 5.17 Å². The summed E-state index contributed by atoms with van der Waals surface area (Å²) in [5, 5.41) is 12.2. The number of carboxylic acid groups (broad SMARTS) is 1. The number of amides is 1. The first-order valence-electron chi connectivity index (χ1n) is 7.31. The molecule has 3 rings (SSSR count). The van der Waals surface area contributed by atoms with Gasteiger partial charge in [-0.05, 0) is 60.2 Å². The third-order valence-corrected chi connectivity index (χ3v) is 4.33. The number of aromatic carboxylic acids is 1.